The summed E-state index contributed by atoms with van der Waals surface area (Å²) in [6.07, 6.45) is -5.29. The molecule has 0 saturated heterocycles. The quantitative estimate of drug-likeness (QED) is 0.258. The molecule has 5 nitrogen and oxygen atoms in total. The van der Waals surface area contributed by atoms with Crippen LogP contribution in [0.25, 0.3) is 4.85 Å². The van der Waals surface area contributed by atoms with E-state index >= 15 is 0 Å². The van der Waals surface area contributed by atoms with Gasteiger partial charge in [-0.25, -0.2) is 4.85 Å². The molecule has 1 unspecified atom stereocenters. The van der Waals surface area contributed by atoms with Gasteiger partial charge >= 0.3 is 6.18 Å². The second-order valence-corrected chi connectivity index (χ2v) is 9.76. The molecule has 1 amide bonds. The summed E-state index contributed by atoms with van der Waals surface area (Å²) >= 11 is 13.7. The molecule has 1 atom stereocenters. The minimum Gasteiger partial charge on any atom is -0.495 e. The molecule has 2 aromatic rings. The van der Waals surface area contributed by atoms with Crippen molar-refractivity contribution in [1.82, 2.24) is 5.32 Å². The molecule has 190 valence electrons. The number of carbonyl (C=O) groups excluding carboxylic acids is 1. The number of thioether (sulfide) groups is 1. The van der Waals surface area contributed by atoms with Crippen molar-refractivity contribution in [3.63, 3.8) is 0 Å². The van der Waals surface area contributed by atoms with Gasteiger partial charge in [0.1, 0.15) is 5.75 Å². The fourth-order valence-electron chi connectivity index (χ4n) is 3.74. The van der Waals surface area contributed by atoms with Gasteiger partial charge in [-0.1, -0.05) is 41.4 Å². The molecule has 1 aliphatic heterocycles. The Morgan fingerprint density at radius 1 is 1.25 bits per heavy atom. The Balaban J connectivity index is 2.02. The number of dihydropyridines is 1. The lowest BCUT2D eigenvalue weighted by atomic mass is 9.85. The maximum absolute atomic E-state index is 13.6. The third kappa shape index (κ3) is 6.69. The Morgan fingerprint density at radius 2 is 1.97 bits per heavy atom. The second-order valence-electron chi connectivity index (χ2n) is 7.81. The van der Waals surface area contributed by atoms with E-state index in [1.807, 2.05) is 0 Å². The van der Waals surface area contributed by atoms with Crippen LogP contribution in [0.5, 0.6) is 5.75 Å². The summed E-state index contributed by atoms with van der Waals surface area (Å²) in [4.78, 5) is 17.2. The highest BCUT2D eigenvalue weighted by atomic mass is 35.5. The third-order valence-electron chi connectivity index (χ3n) is 5.34. The van der Waals surface area contributed by atoms with Crippen molar-refractivity contribution >= 4 is 46.6 Å². The number of nitrogens with zero attached hydrogens (tertiary/aromatic N) is 1. The maximum Gasteiger partial charge on any atom is 0.389 e. The number of rotatable bonds is 8. The highest BCUT2D eigenvalue weighted by Crippen LogP contribution is 2.45. The molecule has 0 fully saturated rings. The van der Waals surface area contributed by atoms with E-state index in [2.05, 4.69) is 15.5 Å². The number of amides is 1. The van der Waals surface area contributed by atoms with Crippen LogP contribution in [0.4, 0.5) is 18.9 Å². The molecule has 11 heteroatoms. The van der Waals surface area contributed by atoms with Crippen LogP contribution in [-0.2, 0) is 4.79 Å². The second kappa shape index (κ2) is 12.0. The zero-order chi connectivity index (χ0) is 26.5. The minimum atomic E-state index is -4.25. The van der Waals surface area contributed by atoms with Gasteiger partial charge in [0.15, 0.2) is 0 Å². The highest BCUT2D eigenvalue weighted by molar-refractivity contribution is 8.03. The van der Waals surface area contributed by atoms with Crippen molar-refractivity contribution in [2.45, 2.75) is 31.9 Å². The van der Waals surface area contributed by atoms with E-state index in [4.69, 9.17) is 34.5 Å². The topological polar surface area (TPSA) is 54.7 Å². The molecule has 0 aliphatic carbocycles. The largest absolute Gasteiger partial charge is 0.495 e. The van der Waals surface area contributed by atoms with Crippen LogP contribution >= 0.6 is 35.0 Å². The number of carbonyl (C=O) groups is 1. The van der Waals surface area contributed by atoms with Gasteiger partial charge in [-0.3, -0.25) is 4.79 Å². The maximum atomic E-state index is 13.6. The normalized spacial score (nSPS) is 15.9. The van der Waals surface area contributed by atoms with Crippen LogP contribution in [0.15, 0.2) is 64.5 Å². The summed E-state index contributed by atoms with van der Waals surface area (Å²) in [6.45, 7) is 9.54. The molecule has 0 saturated carbocycles. The molecule has 0 spiro atoms. The van der Waals surface area contributed by atoms with Crippen LogP contribution in [-0.4, -0.2) is 24.9 Å². The van der Waals surface area contributed by atoms with Gasteiger partial charge in [-0.15, -0.1) is 11.8 Å². The van der Waals surface area contributed by atoms with E-state index in [9.17, 15) is 18.0 Å². The van der Waals surface area contributed by atoms with Crippen molar-refractivity contribution in [2.75, 3.05) is 18.2 Å². The monoisotopic (exact) mass is 555 g/mol. The summed E-state index contributed by atoms with van der Waals surface area (Å²) in [6, 6.07) is 11.6. The van der Waals surface area contributed by atoms with Crippen molar-refractivity contribution in [1.29, 1.82) is 0 Å². The van der Waals surface area contributed by atoms with Gasteiger partial charge in [0.05, 0.1) is 30.3 Å². The summed E-state index contributed by atoms with van der Waals surface area (Å²) in [5.74, 6) is -0.759. The average molecular weight is 556 g/mol. The number of benzene rings is 2. The Labute approximate surface area is 221 Å². The Bertz CT molecular complexity index is 1260. The summed E-state index contributed by atoms with van der Waals surface area (Å²) in [7, 11) is 1.48. The molecule has 0 aromatic heterocycles. The first-order chi connectivity index (χ1) is 17.1. The van der Waals surface area contributed by atoms with E-state index in [1.54, 1.807) is 43.3 Å². The lowest BCUT2D eigenvalue weighted by Crippen LogP contribution is -2.30. The molecule has 1 aliphatic rings. The summed E-state index contributed by atoms with van der Waals surface area (Å²) < 4.78 is 43.1. The molecule has 2 N–H and O–H groups in total. The first-order valence-corrected chi connectivity index (χ1v) is 12.5. The molecule has 2 aromatic carbocycles. The average Bonchev–Trinajstić information content (AvgIpc) is 2.81. The number of nitrogens with one attached hydrogen (secondary N) is 2. The van der Waals surface area contributed by atoms with Crippen molar-refractivity contribution in [3.8, 4) is 5.75 Å². The predicted molar refractivity (Wildman–Crippen MR) is 138 cm³/mol. The number of ether oxygens (including phenoxy) is 1. The van der Waals surface area contributed by atoms with Crippen molar-refractivity contribution < 1.29 is 22.7 Å². The molecule has 3 rings (SSSR count). The standard InChI is InChI=1S/C25H22Cl2F3N3O2S/c1-14-20(23(34)33-18-7-4-5-8-19(18)35-3)21(16-10-9-15(26)13-17(16)27)22(31-2)24(32-14)36-12-6-11-25(28,29)30/h4-5,7-10,13,21,32H,6,11-12H2,1,3H3,(H,33,34). The summed E-state index contributed by atoms with van der Waals surface area (Å²) in [5, 5.41) is 6.91. The van der Waals surface area contributed by atoms with Crippen LogP contribution < -0.4 is 15.4 Å². The number of para-hydroxylation sites is 2. The smallest absolute Gasteiger partial charge is 0.389 e. The SMILES string of the molecule is [C-]#[N+]C1=C(SCCCC(F)(F)F)NC(C)=C(C(=O)Nc2ccccc2OC)C1c1ccc(Cl)cc1Cl. The molecule has 0 radical (unpaired) electrons. The van der Waals surface area contributed by atoms with E-state index < -0.39 is 24.4 Å². The number of hydrogen-bond acceptors (Lipinski definition) is 4. The zero-order valence-corrected chi connectivity index (χ0v) is 21.6. The lowest BCUT2D eigenvalue weighted by Gasteiger charge is -2.30. The number of alkyl halides is 3. The first-order valence-electron chi connectivity index (χ1n) is 10.7. The highest BCUT2D eigenvalue weighted by Gasteiger charge is 2.36. The number of halogens is 5. The van der Waals surface area contributed by atoms with Gasteiger partial charge in [0.25, 0.3) is 5.91 Å². The van der Waals surface area contributed by atoms with Crippen LogP contribution in [0.2, 0.25) is 10.0 Å². The van der Waals surface area contributed by atoms with E-state index in [0.29, 0.717) is 32.7 Å². The molecular weight excluding hydrogens is 534 g/mol. The fourth-order valence-corrected chi connectivity index (χ4v) is 5.28. The third-order valence-corrected chi connectivity index (χ3v) is 7.00. The van der Waals surface area contributed by atoms with Gasteiger partial charge in [-0.05, 0) is 48.9 Å². The van der Waals surface area contributed by atoms with Crippen LogP contribution in [0, 0.1) is 6.57 Å². The number of methoxy groups -OCH3 is 1. The van der Waals surface area contributed by atoms with Crippen molar-refractivity contribution in [3.05, 3.63) is 91.5 Å². The number of hydrogen-bond donors (Lipinski definition) is 2. The number of anilines is 1. The fraction of sp³-hybridized carbons (Fsp3) is 0.280. The predicted octanol–water partition coefficient (Wildman–Crippen LogP) is 7.77. The summed E-state index contributed by atoms with van der Waals surface area (Å²) in [5.41, 5.74) is 1.77. The Kier molecular flexibility index (Phi) is 9.23. The van der Waals surface area contributed by atoms with Gasteiger partial charge in [-0.2, -0.15) is 13.2 Å². The molecular formula is C25H22Cl2F3N3O2S. The van der Waals surface area contributed by atoms with Gasteiger partial charge < -0.3 is 15.4 Å². The first kappa shape index (κ1) is 27.8. The number of allylic oxidation sites excluding steroid dienone is 2. The lowest BCUT2D eigenvalue weighted by molar-refractivity contribution is -0.134. The Hall–Kier alpha value is -2.80. The van der Waals surface area contributed by atoms with E-state index in [0.717, 1.165) is 11.8 Å². The minimum absolute atomic E-state index is 0.110. The molecule has 0 bridgehead atoms. The van der Waals surface area contributed by atoms with Gasteiger partial charge in [0, 0.05) is 27.7 Å². The van der Waals surface area contributed by atoms with Gasteiger partial charge in [0.2, 0.25) is 5.70 Å². The van der Waals surface area contributed by atoms with Crippen molar-refractivity contribution in [2.24, 2.45) is 0 Å². The Morgan fingerprint density at radius 3 is 2.61 bits per heavy atom. The van der Waals surface area contributed by atoms with E-state index in [-0.39, 0.29) is 28.5 Å². The molecule has 1 heterocycles. The molecule has 36 heavy (non-hydrogen) atoms. The van der Waals surface area contributed by atoms with Crippen LogP contribution in [0.1, 0.15) is 31.2 Å². The van der Waals surface area contributed by atoms with E-state index in [1.165, 1.54) is 13.2 Å². The zero-order valence-electron chi connectivity index (χ0n) is 19.3. The van der Waals surface area contributed by atoms with Crippen LogP contribution in [0.3, 0.4) is 0 Å².